The maximum absolute atomic E-state index is 11.1. The molecule has 1 unspecified atom stereocenters. The Balaban J connectivity index is 2.59. The number of fused-ring (bicyclic) bond motifs is 1. The van der Waals surface area contributed by atoms with E-state index in [2.05, 4.69) is 4.98 Å². The molecule has 1 atom stereocenters. The minimum absolute atomic E-state index is 0.000806. The Morgan fingerprint density at radius 2 is 2.05 bits per heavy atom. The molecule has 1 heterocycles. The van der Waals surface area contributed by atoms with Crippen LogP contribution >= 0.6 is 0 Å². The number of hydrogen-bond acceptors (Lipinski definition) is 3. The molecule has 3 N–H and O–H groups in total. The number of nitrogens with zero attached hydrogens (tertiary/aromatic N) is 1. The first-order valence-electron chi connectivity index (χ1n) is 6.24. The number of pyridine rings is 1. The van der Waals surface area contributed by atoms with Crippen molar-refractivity contribution >= 4 is 16.9 Å². The van der Waals surface area contributed by atoms with Crippen LogP contribution < -0.4 is 5.73 Å². The Labute approximate surface area is 112 Å². The first kappa shape index (κ1) is 13.5. The molecule has 0 fully saturated rings. The second-order valence-electron chi connectivity index (χ2n) is 5.39. The lowest BCUT2D eigenvalue weighted by atomic mass is 9.79. The van der Waals surface area contributed by atoms with Crippen molar-refractivity contribution in [1.29, 1.82) is 0 Å². The van der Waals surface area contributed by atoms with Gasteiger partial charge in [0.1, 0.15) is 0 Å². The van der Waals surface area contributed by atoms with Gasteiger partial charge in [0.15, 0.2) is 0 Å². The molecule has 0 aliphatic rings. The van der Waals surface area contributed by atoms with Crippen molar-refractivity contribution in [2.24, 2.45) is 5.73 Å². The van der Waals surface area contributed by atoms with E-state index in [1.807, 2.05) is 44.2 Å². The van der Waals surface area contributed by atoms with E-state index >= 15 is 0 Å². The number of carbonyl (C=O) groups is 1. The number of aromatic nitrogens is 1. The maximum atomic E-state index is 11.1. The molecular formula is C15H18N2O2. The summed E-state index contributed by atoms with van der Waals surface area (Å²) in [7, 11) is 0. The van der Waals surface area contributed by atoms with Crippen molar-refractivity contribution in [2.45, 2.75) is 31.7 Å². The van der Waals surface area contributed by atoms with Crippen LogP contribution in [0.1, 0.15) is 31.7 Å². The third-order valence-corrected chi connectivity index (χ3v) is 3.32. The van der Waals surface area contributed by atoms with Gasteiger partial charge in [0.25, 0.3) is 0 Å². The van der Waals surface area contributed by atoms with E-state index in [0.29, 0.717) is 0 Å². The van der Waals surface area contributed by atoms with Gasteiger partial charge in [0.05, 0.1) is 11.9 Å². The highest BCUT2D eigenvalue weighted by molar-refractivity contribution is 5.83. The number of carboxylic acids is 1. The normalized spacial score (nSPS) is 13.4. The van der Waals surface area contributed by atoms with Gasteiger partial charge in [-0.1, -0.05) is 24.3 Å². The standard InChI is InChI=1S/C15H18N2O2/c1-15(2,16)12(9-13(18)19)11-7-3-5-10-6-4-8-17-14(10)11/h3-8,12H,9,16H2,1-2H3,(H,18,19). The third kappa shape index (κ3) is 2.90. The molecule has 2 rings (SSSR count). The first-order valence-corrected chi connectivity index (χ1v) is 6.24. The van der Waals surface area contributed by atoms with E-state index in [1.54, 1.807) is 6.20 Å². The third-order valence-electron chi connectivity index (χ3n) is 3.32. The number of rotatable bonds is 4. The lowest BCUT2D eigenvalue weighted by Crippen LogP contribution is -2.40. The Hall–Kier alpha value is -1.94. The average Bonchev–Trinajstić information content (AvgIpc) is 2.34. The summed E-state index contributed by atoms with van der Waals surface area (Å²) in [6.45, 7) is 3.70. The van der Waals surface area contributed by atoms with Crippen molar-refractivity contribution in [3.63, 3.8) is 0 Å². The van der Waals surface area contributed by atoms with Crippen LogP contribution in [0.4, 0.5) is 0 Å². The molecule has 1 aromatic heterocycles. The van der Waals surface area contributed by atoms with Crippen molar-refractivity contribution in [3.05, 3.63) is 42.1 Å². The Morgan fingerprint density at radius 1 is 1.37 bits per heavy atom. The number of benzene rings is 1. The van der Waals surface area contributed by atoms with E-state index in [-0.39, 0.29) is 12.3 Å². The molecule has 4 heteroatoms. The van der Waals surface area contributed by atoms with Crippen molar-refractivity contribution in [2.75, 3.05) is 0 Å². The topological polar surface area (TPSA) is 76.2 Å². The highest BCUT2D eigenvalue weighted by Gasteiger charge is 2.30. The van der Waals surface area contributed by atoms with Gasteiger partial charge in [-0.25, -0.2) is 0 Å². The fourth-order valence-corrected chi connectivity index (χ4v) is 2.36. The Kier molecular flexibility index (Phi) is 3.53. The molecule has 19 heavy (non-hydrogen) atoms. The number of aliphatic carboxylic acids is 1. The second kappa shape index (κ2) is 4.97. The predicted molar refractivity (Wildman–Crippen MR) is 75.0 cm³/mol. The minimum atomic E-state index is -0.851. The zero-order chi connectivity index (χ0) is 14.0. The largest absolute Gasteiger partial charge is 0.481 e. The summed E-state index contributed by atoms with van der Waals surface area (Å²) in [4.78, 5) is 15.5. The van der Waals surface area contributed by atoms with Crippen LogP contribution in [0.5, 0.6) is 0 Å². The highest BCUT2D eigenvalue weighted by Crippen LogP contribution is 2.33. The molecule has 100 valence electrons. The van der Waals surface area contributed by atoms with E-state index < -0.39 is 11.5 Å². The van der Waals surface area contributed by atoms with Gasteiger partial charge in [-0.3, -0.25) is 9.78 Å². The predicted octanol–water partition coefficient (Wildman–Crippen LogP) is 2.53. The van der Waals surface area contributed by atoms with E-state index in [9.17, 15) is 4.79 Å². The smallest absolute Gasteiger partial charge is 0.304 e. The van der Waals surface area contributed by atoms with E-state index in [1.165, 1.54) is 0 Å². The van der Waals surface area contributed by atoms with Crippen molar-refractivity contribution < 1.29 is 9.90 Å². The number of para-hydroxylation sites is 1. The molecule has 4 nitrogen and oxygen atoms in total. The summed E-state index contributed by atoms with van der Waals surface area (Å²) in [5.41, 5.74) is 7.26. The van der Waals surface area contributed by atoms with Gasteiger partial charge < -0.3 is 10.8 Å². The second-order valence-corrected chi connectivity index (χ2v) is 5.39. The van der Waals surface area contributed by atoms with Crippen LogP contribution in [0.15, 0.2) is 36.5 Å². The van der Waals surface area contributed by atoms with Gasteiger partial charge in [-0.05, 0) is 25.5 Å². The molecule has 0 bridgehead atoms. The summed E-state index contributed by atoms with van der Waals surface area (Å²) in [5, 5.41) is 10.1. The van der Waals surface area contributed by atoms with E-state index in [4.69, 9.17) is 10.8 Å². The van der Waals surface area contributed by atoms with Crippen LogP contribution in [-0.2, 0) is 4.79 Å². The van der Waals surface area contributed by atoms with Crippen LogP contribution in [0.2, 0.25) is 0 Å². The zero-order valence-electron chi connectivity index (χ0n) is 11.1. The average molecular weight is 258 g/mol. The molecule has 0 amide bonds. The lowest BCUT2D eigenvalue weighted by molar-refractivity contribution is -0.137. The fraction of sp³-hybridized carbons (Fsp3) is 0.333. The highest BCUT2D eigenvalue weighted by atomic mass is 16.4. The maximum Gasteiger partial charge on any atom is 0.304 e. The summed E-state index contributed by atoms with van der Waals surface area (Å²) in [6, 6.07) is 9.63. The first-order chi connectivity index (χ1) is 8.89. The summed E-state index contributed by atoms with van der Waals surface area (Å²) in [5.74, 6) is -1.12. The molecule has 0 radical (unpaired) electrons. The number of carboxylic acid groups (broad SMARTS) is 1. The quantitative estimate of drug-likeness (QED) is 0.883. The number of nitrogens with two attached hydrogens (primary N) is 1. The summed E-state index contributed by atoms with van der Waals surface area (Å²) in [6.07, 6.45) is 1.71. The van der Waals surface area contributed by atoms with Crippen LogP contribution in [-0.4, -0.2) is 21.6 Å². The molecule has 0 saturated carbocycles. The lowest BCUT2D eigenvalue weighted by Gasteiger charge is -2.30. The van der Waals surface area contributed by atoms with Gasteiger partial charge in [0.2, 0.25) is 0 Å². The fourth-order valence-electron chi connectivity index (χ4n) is 2.36. The van der Waals surface area contributed by atoms with Gasteiger partial charge >= 0.3 is 5.97 Å². The zero-order valence-corrected chi connectivity index (χ0v) is 11.1. The van der Waals surface area contributed by atoms with Gasteiger partial charge in [-0.2, -0.15) is 0 Å². The molecule has 0 spiro atoms. The SMILES string of the molecule is CC(C)(N)C(CC(=O)O)c1cccc2cccnc12. The molecule has 2 aromatic rings. The summed E-state index contributed by atoms with van der Waals surface area (Å²) >= 11 is 0. The molecule has 1 aromatic carbocycles. The van der Waals surface area contributed by atoms with Crippen LogP contribution in [0, 0.1) is 0 Å². The van der Waals surface area contributed by atoms with Gasteiger partial charge in [0, 0.05) is 23.0 Å². The molecule has 0 aliphatic heterocycles. The van der Waals surface area contributed by atoms with E-state index in [0.717, 1.165) is 16.5 Å². The van der Waals surface area contributed by atoms with Crippen molar-refractivity contribution in [3.8, 4) is 0 Å². The van der Waals surface area contributed by atoms with Gasteiger partial charge in [-0.15, -0.1) is 0 Å². The Bertz CT molecular complexity index is 597. The van der Waals surface area contributed by atoms with Crippen LogP contribution in [0.3, 0.4) is 0 Å². The Morgan fingerprint density at radius 3 is 2.68 bits per heavy atom. The van der Waals surface area contributed by atoms with Crippen LogP contribution in [0.25, 0.3) is 10.9 Å². The monoisotopic (exact) mass is 258 g/mol. The molecule has 0 aliphatic carbocycles. The summed E-state index contributed by atoms with van der Waals surface area (Å²) < 4.78 is 0. The molecule has 0 saturated heterocycles. The number of hydrogen-bond donors (Lipinski definition) is 2. The molecular weight excluding hydrogens is 240 g/mol. The van der Waals surface area contributed by atoms with Crippen molar-refractivity contribution in [1.82, 2.24) is 4.98 Å². The minimum Gasteiger partial charge on any atom is -0.481 e.